The molecule has 0 aliphatic rings. The van der Waals surface area contributed by atoms with Crippen LogP contribution in [0.15, 0.2) is 48.5 Å². The van der Waals surface area contributed by atoms with Crippen molar-refractivity contribution in [3.63, 3.8) is 0 Å². The van der Waals surface area contributed by atoms with Gasteiger partial charge in [0.15, 0.2) is 0 Å². The Bertz CT molecular complexity index is 701. The molecule has 0 saturated heterocycles. The van der Waals surface area contributed by atoms with Crippen LogP contribution in [0, 0.1) is 22.7 Å². The van der Waals surface area contributed by atoms with Crippen LogP contribution in [0.1, 0.15) is 16.7 Å². The lowest BCUT2D eigenvalue weighted by Gasteiger charge is -2.00. The summed E-state index contributed by atoms with van der Waals surface area (Å²) in [7, 11) is 0. The normalized spacial score (nSPS) is 10.6. The van der Waals surface area contributed by atoms with E-state index in [4.69, 9.17) is 16.9 Å². The molecule has 90 valence electrons. The van der Waals surface area contributed by atoms with Gasteiger partial charge >= 0.3 is 0 Å². The van der Waals surface area contributed by atoms with Gasteiger partial charge in [0.1, 0.15) is 0 Å². The Morgan fingerprint density at radius 1 is 1.05 bits per heavy atom. The first-order valence-corrected chi connectivity index (χ1v) is 5.98. The van der Waals surface area contributed by atoms with Crippen LogP contribution in [0.4, 0.5) is 0 Å². The summed E-state index contributed by atoms with van der Waals surface area (Å²) in [6.45, 7) is 0. The first kappa shape index (κ1) is 12.9. The molecular formula is C16H9ClN2. The van der Waals surface area contributed by atoms with Gasteiger partial charge in [-0.2, -0.15) is 10.5 Å². The highest BCUT2D eigenvalue weighted by atomic mass is 35.5. The number of benzene rings is 2. The summed E-state index contributed by atoms with van der Waals surface area (Å²) in [5, 5.41) is 18.6. The van der Waals surface area contributed by atoms with Crippen molar-refractivity contribution in [1.29, 1.82) is 10.5 Å². The average molecular weight is 265 g/mol. The van der Waals surface area contributed by atoms with Crippen molar-refractivity contribution in [2.24, 2.45) is 0 Å². The molecule has 0 heterocycles. The summed E-state index contributed by atoms with van der Waals surface area (Å²) in [5.74, 6) is 0. The van der Waals surface area contributed by atoms with E-state index in [0.29, 0.717) is 16.2 Å². The minimum Gasteiger partial charge on any atom is -0.192 e. The van der Waals surface area contributed by atoms with Gasteiger partial charge in [-0.1, -0.05) is 35.9 Å². The molecule has 0 atom stereocenters. The fraction of sp³-hybridized carbons (Fsp3) is 0. The zero-order valence-corrected chi connectivity index (χ0v) is 10.7. The lowest BCUT2D eigenvalue weighted by atomic mass is 10.0. The predicted octanol–water partition coefficient (Wildman–Crippen LogP) is 4.28. The molecule has 0 saturated carbocycles. The molecule has 0 aliphatic carbocycles. The summed E-state index contributed by atoms with van der Waals surface area (Å²) in [4.78, 5) is 0. The Morgan fingerprint density at radius 3 is 2.37 bits per heavy atom. The molecule has 2 rings (SSSR count). The van der Waals surface area contributed by atoms with E-state index in [-0.39, 0.29) is 0 Å². The number of rotatable bonds is 2. The van der Waals surface area contributed by atoms with Crippen molar-refractivity contribution in [3.8, 4) is 12.1 Å². The van der Waals surface area contributed by atoms with Gasteiger partial charge in [-0.25, -0.2) is 0 Å². The molecule has 0 aromatic heterocycles. The van der Waals surface area contributed by atoms with E-state index in [0.717, 1.165) is 11.1 Å². The van der Waals surface area contributed by atoms with E-state index in [1.165, 1.54) is 0 Å². The van der Waals surface area contributed by atoms with Crippen LogP contribution in [-0.2, 0) is 0 Å². The Kier molecular flexibility index (Phi) is 3.98. The van der Waals surface area contributed by atoms with Gasteiger partial charge in [0.2, 0.25) is 0 Å². The Hall–Kier alpha value is -2.55. The van der Waals surface area contributed by atoms with E-state index < -0.39 is 0 Å². The molecule has 0 N–H and O–H groups in total. The van der Waals surface area contributed by atoms with Crippen molar-refractivity contribution < 1.29 is 0 Å². The van der Waals surface area contributed by atoms with Crippen molar-refractivity contribution in [3.05, 3.63) is 70.2 Å². The maximum absolute atomic E-state index is 9.22. The second kappa shape index (κ2) is 5.87. The number of nitriles is 2. The average Bonchev–Trinajstić information content (AvgIpc) is 2.45. The maximum atomic E-state index is 9.22. The maximum Gasteiger partial charge on any atom is 0.0998 e. The zero-order chi connectivity index (χ0) is 13.7. The minimum absolute atomic E-state index is 0.534. The van der Waals surface area contributed by atoms with Gasteiger partial charge in [0.05, 0.1) is 23.3 Å². The topological polar surface area (TPSA) is 47.6 Å². The molecule has 0 aliphatic heterocycles. The highest BCUT2D eigenvalue weighted by molar-refractivity contribution is 6.30. The van der Waals surface area contributed by atoms with Crippen LogP contribution in [0.5, 0.6) is 0 Å². The molecule has 0 unspecified atom stereocenters. The lowest BCUT2D eigenvalue weighted by molar-refractivity contribution is 1.47. The van der Waals surface area contributed by atoms with E-state index >= 15 is 0 Å². The molecule has 0 amide bonds. The standard InChI is InChI=1S/C16H9ClN2/c17-16-3-1-2-13(9-16)8-15(11-19)14-6-4-12(10-18)5-7-14/h1-9H/b15-8+. The highest BCUT2D eigenvalue weighted by Crippen LogP contribution is 2.20. The smallest absolute Gasteiger partial charge is 0.0998 e. The van der Waals surface area contributed by atoms with Crippen LogP contribution >= 0.6 is 11.6 Å². The van der Waals surface area contributed by atoms with Crippen molar-refractivity contribution in [2.45, 2.75) is 0 Å². The number of halogens is 1. The predicted molar refractivity (Wildman–Crippen MR) is 76.1 cm³/mol. The highest BCUT2D eigenvalue weighted by Gasteiger charge is 2.01. The molecule has 0 bridgehead atoms. The number of allylic oxidation sites excluding steroid dienone is 1. The van der Waals surface area contributed by atoms with E-state index in [9.17, 15) is 5.26 Å². The largest absolute Gasteiger partial charge is 0.192 e. The van der Waals surface area contributed by atoms with Gasteiger partial charge in [-0.15, -0.1) is 0 Å². The molecule has 0 fully saturated rings. The summed E-state index contributed by atoms with van der Waals surface area (Å²) in [6.07, 6.45) is 1.77. The van der Waals surface area contributed by atoms with Crippen LogP contribution < -0.4 is 0 Å². The first-order valence-electron chi connectivity index (χ1n) is 5.61. The SMILES string of the molecule is N#C/C(=C\c1cccc(Cl)c1)c1ccc(C#N)cc1. The van der Waals surface area contributed by atoms with Crippen LogP contribution in [0.2, 0.25) is 5.02 Å². The second-order valence-corrected chi connectivity index (χ2v) is 4.35. The number of hydrogen-bond donors (Lipinski definition) is 0. The molecule has 2 aromatic carbocycles. The fourth-order valence-corrected chi connectivity index (χ4v) is 1.87. The van der Waals surface area contributed by atoms with Gasteiger partial charge in [-0.3, -0.25) is 0 Å². The van der Waals surface area contributed by atoms with Gasteiger partial charge < -0.3 is 0 Å². The van der Waals surface area contributed by atoms with Crippen LogP contribution in [0.3, 0.4) is 0 Å². The zero-order valence-electron chi connectivity index (χ0n) is 9.97. The molecule has 2 aromatic rings. The molecule has 0 spiro atoms. The molecule has 19 heavy (non-hydrogen) atoms. The van der Waals surface area contributed by atoms with Crippen molar-refractivity contribution in [1.82, 2.24) is 0 Å². The summed E-state index contributed by atoms with van der Waals surface area (Å²) in [6, 6.07) is 18.4. The summed E-state index contributed by atoms with van der Waals surface area (Å²) in [5.41, 5.74) is 2.76. The number of nitrogens with zero attached hydrogens (tertiary/aromatic N) is 2. The van der Waals surface area contributed by atoms with E-state index in [1.807, 2.05) is 18.2 Å². The Labute approximate surface area is 116 Å². The summed E-state index contributed by atoms with van der Waals surface area (Å²) < 4.78 is 0. The quantitative estimate of drug-likeness (QED) is 0.600. The minimum atomic E-state index is 0.534. The fourth-order valence-electron chi connectivity index (χ4n) is 1.67. The van der Waals surface area contributed by atoms with Gasteiger partial charge in [-0.05, 0) is 41.5 Å². The van der Waals surface area contributed by atoms with Gasteiger partial charge in [0, 0.05) is 5.02 Å². The summed E-state index contributed by atoms with van der Waals surface area (Å²) >= 11 is 5.91. The number of hydrogen-bond acceptors (Lipinski definition) is 2. The molecule has 0 radical (unpaired) electrons. The third-order valence-corrected chi connectivity index (χ3v) is 2.84. The monoisotopic (exact) mass is 264 g/mol. The molecule has 2 nitrogen and oxygen atoms in total. The lowest BCUT2D eigenvalue weighted by Crippen LogP contribution is -1.83. The van der Waals surface area contributed by atoms with Crippen LogP contribution in [0.25, 0.3) is 11.6 Å². The van der Waals surface area contributed by atoms with Crippen molar-refractivity contribution in [2.75, 3.05) is 0 Å². The Morgan fingerprint density at radius 2 is 1.79 bits per heavy atom. The second-order valence-electron chi connectivity index (χ2n) is 3.91. The first-order chi connectivity index (χ1) is 9.22. The Balaban J connectivity index is 2.40. The molecule has 3 heteroatoms. The third-order valence-electron chi connectivity index (χ3n) is 2.61. The van der Waals surface area contributed by atoms with Crippen LogP contribution in [-0.4, -0.2) is 0 Å². The van der Waals surface area contributed by atoms with E-state index in [2.05, 4.69) is 6.07 Å². The van der Waals surface area contributed by atoms with E-state index in [1.54, 1.807) is 42.5 Å². The third kappa shape index (κ3) is 3.22. The molecular weight excluding hydrogens is 256 g/mol. The van der Waals surface area contributed by atoms with Crippen molar-refractivity contribution >= 4 is 23.3 Å². The van der Waals surface area contributed by atoms with Gasteiger partial charge in [0.25, 0.3) is 0 Å².